The molecule has 0 saturated heterocycles. The fourth-order valence-electron chi connectivity index (χ4n) is 1.98. The summed E-state index contributed by atoms with van der Waals surface area (Å²) in [7, 11) is 0. The van der Waals surface area contributed by atoms with Gasteiger partial charge in [-0.05, 0) is 36.4 Å². The molecular formula is C17H13N3O3. The number of benzene rings is 1. The second kappa shape index (κ2) is 6.57. The van der Waals surface area contributed by atoms with Crippen LogP contribution in [0.25, 0.3) is 0 Å². The first-order valence-electron chi connectivity index (χ1n) is 6.87. The Bertz CT molecular complexity index is 814. The van der Waals surface area contributed by atoms with Crippen LogP contribution in [0, 0.1) is 0 Å². The predicted molar refractivity (Wildman–Crippen MR) is 85.3 cm³/mol. The van der Waals surface area contributed by atoms with Crippen molar-refractivity contribution in [3.05, 3.63) is 78.5 Å². The van der Waals surface area contributed by atoms with Crippen molar-refractivity contribution in [1.82, 2.24) is 4.98 Å². The maximum absolute atomic E-state index is 12.1. The zero-order valence-electron chi connectivity index (χ0n) is 12.0. The van der Waals surface area contributed by atoms with Crippen LogP contribution in [0.2, 0.25) is 0 Å². The van der Waals surface area contributed by atoms with Crippen LogP contribution in [0.4, 0.5) is 11.4 Å². The number of furan rings is 1. The fourth-order valence-corrected chi connectivity index (χ4v) is 1.98. The van der Waals surface area contributed by atoms with Gasteiger partial charge in [-0.25, -0.2) is 0 Å². The molecule has 0 atom stereocenters. The van der Waals surface area contributed by atoms with Crippen molar-refractivity contribution < 1.29 is 14.0 Å². The van der Waals surface area contributed by atoms with Gasteiger partial charge in [0.05, 0.1) is 11.8 Å². The third kappa shape index (κ3) is 3.62. The lowest BCUT2D eigenvalue weighted by atomic mass is 10.2. The van der Waals surface area contributed by atoms with Gasteiger partial charge in [0.1, 0.15) is 6.26 Å². The number of rotatable bonds is 4. The van der Waals surface area contributed by atoms with Crippen molar-refractivity contribution in [2.45, 2.75) is 0 Å². The Morgan fingerprint density at radius 3 is 2.13 bits per heavy atom. The Balaban J connectivity index is 1.70. The van der Waals surface area contributed by atoms with Gasteiger partial charge in [0, 0.05) is 29.3 Å². The summed E-state index contributed by atoms with van der Waals surface area (Å²) in [5.41, 5.74) is 2.09. The number of hydrogen-bond donors (Lipinski definition) is 2. The Kier molecular flexibility index (Phi) is 4.15. The van der Waals surface area contributed by atoms with E-state index in [4.69, 9.17) is 4.42 Å². The van der Waals surface area contributed by atoms with Crippen LogP contribution in [-0.2, 0) is 0 Å². The van der Waals surface area contributed by atoms with Crippen LogP contribution in [0.5, 0.6) is 0 Å². The molecule has 0 aliphatic rings. The van der Waals surface area contributed by atoms with Gasteiger partial charge in [-0.1, -0.05) is 6.07 Å². The van der Waals surface area contributed by atoms with E-state index in [1.165, 1.54) is 12.5 Å². The number of pyridine rings is 1. The molecule has 2 amide bonds. The summed E-state index contributed by atoms with van der Waals surface area (Å²) < 4.78 is 4.88. The molecule has 0 saturated carbocycles. The molecule has 0 spiro atoms. The number of carbonyl (C=O) groups is 2. The third-order valence-corrected chi connectivity index (χ3v) is 3.10. The van der Waals surface area contributed by atoms with Gasteiger partial charge in [0.25, 0.3) is 11.8 Å². The van der Waals surface area contributed by atoms with Crippen LogP contribution in [0.1, 0.15) is 20.7 Å². The predicted octanol–water partition coefficient (Wildman–Crippen LogP) is 3.18. The lowest BCUT2D eigenvalue weighted by Crippen LogP contribution is -2.13. The second-order valence-corrected chi connectivity index (χ2v) is 4.74. The van der Waals surface area contributed by atoms with E-state index in [2.05, 4.69) is 15.6 Å². The molecule has 6 heteroatoms. The van der Waals surface area contributed by atoms with Crippen molar-refractivity contribution in [2.24, 2.45) is 0 Å². The Labute approximate surface area is 132 Å². The molecule has 2 aromatic heterocycles. The third-order valence-electron chi connectivity index (χ3n) is 3.10. The van der Waals surface area contributed by atoms with E-state index in [0.717, 1.165) is 0 Å². The van der Waals surface area contributed by atoms with Crippen molar-refractivity contribution in [2.75, 3.05) is 10.6 Å². The molecule has 1 aromatic carbocycles. The first kappa shape index (κ1) is 14.5. The molecule has 0 unspecified atom stereocenters. The van der Waals surface area contributed by atoms with E-state index < -0.39 is 0 Å². The van der Waals surface area contributed by atoms with Crippen LogP contribution in [0.3, 0.4) is 0 Å². The topological polar surface area (TPSA) is 84.2 Å². The van der Waals surface area contributed by atoms with Crippen LogP contribution < -0.4 is 10.6 Å². The van der Waals surface area contributed by atoms with Crippen LogP contribution >= 0.6 is 0 Å². The smallest absolute Gasteiger partial charge is 0.258 e. The van der Waals surface area contributed by atoms with Gasteiger partial charge in [-0.2, -0.15) is 0 Å². The number of nitrogens with zero attached hydrogens (tertiary/aromatic N) is 1. The maximum Gasteiger partial charge on any atom is 0.258 e. The highest BCUT2D eigenvalue weighted by atomic mass is 16.3. The quantitative estimate of drug-likeness (QED) is 0.775. The highest BCUT2D eigenvalue weighted by Gasteiger charge is 2.09. The number of hydrogen-bond acceptors (Lipinski definition) is 4. The molecule has 0 aliphatic carbocycles. The van der Waals surface area contributed by atoms with E-state index >= 15 is 0 Å². The summed E-state index contributed by atoms with van der Waals surface area (Å²) in [6.07, 6.45) is 5.90. The highest BCUT2D eigenvalue weighted by molar-refractivity contribution is 6.06. The van der Waals surface area contributed by atoms with Gasteiger partial charge in [0.15, 0.2) is 0 Å². The largest absolute Gasteiger partial charge is 0.472 e. The summed E-state index contributed by atoms with van der Waals surface area (Å²) in [4.78, 5) is 27.9. The van der Waals surface area contributed by atoms with Gasteiger partial charge in [0.2, 0.25) is 0 Å². The second-order valence-electron chi connectivity index (χ2n) is 4.74. The molecule has 2 N–H and O–H groups in total. The Hall–Kier alpha value is -3.41. The number of nitrogens with one attached hydrogen (secondary N) is 2. The average molecular weight is 307 g/mol. The van der Waals surface area contributed by atoms with Crippen molar-refractivity contribution in [3.63, 3.8) is 0 Å². The zero-order chi connectivity index (χ0) is 16.1. The van der Waals surface area contributed by atoms with E-state index in [1.54, 1.807) is 54.9 Å². The molecule has 3 rings (SSSR count). The molecule has 114 valence electrons. The molecule has 3 aromatic rings. The summed E-state index contributed by atoms with van der Waals surface area (Å²) in [5.74, 6) is -0.526. The maximum atomic E-state index is 12.1. The van der Waals surface area contributed by atoms with Gasteiger partial charge < -0.3 is 15.1 Å². The molecule has 23 heavy (non-hydrogen) atoms. The average Bonchev–Trinajstić information content (AvgIpc) is 3.10. The highest BCUT2D eigenvalue weighted by Crippen LogP contribution is 2.17. The number of anilines is 2. The molecule has 0 bridgehead atoms. The van der Waals surface area contributed by atoms with Gasteiger partial charge in [-0.3, -0.25) is 14.6 Å². The first-order valence-corrected chi connectivity index (χ1v) is 6.87. The SMILES string of the molecule is O=C(Nc1cccc(NC(=O)c2ccoc2)c1)c1ccncc1. The molecule has 0 aliphatic heterocycles. The number of carbonyl (C=O) groups excluding carboxylic acids is 2. The van der Waals surface area contributed by atoms with Crippen molar-refractivity contribution in [3.8, 4) is 0 Å². The van der Waals surface area contributed by atoms with Crippen molar-refractivity contribution >= 4 is 23.2 Å². The van der Waals surface area contributed by atoms with Crippen molar-refractivity contribution in [1.29, 1.82) is 0 Å². The van der Waals surface area contributed by atoms with Gasteiger partial charge >= 0.3 is 0 Å². The fraction of sp³-hybridized carbons (Fsp3) is 0. The van der Waals surface area contributed by atoms with E-state index in [9.17, 15) is 9.59 Å². The summed E-state index contributed by atoms with van der Waals surface area (Å²) >= 11 is 0. The number of aromatic nitrogens is 1. The Morgan fingerprint density at radius 1 is 0.870 bits per heavy atom. The van der Waals surface area contributed by atoms with Gasteiger partial charge in [-0.15, -0.1) is 0 Å². The molecule has 0 radical (unpaired) electrons. The summed E-state index contributed by atoms with van der Waals surface area (Å²) in [6, 6.07) is 11.7. The molecular weight excluding hydrogens is 294 g/mol. The minimum Gasteiger partial charge on any atom is -0.472 e. The standard InChI is InChI=1S/C17H13N3O3/c21-16(12-4-7-18-8-5-12)19-14-2-1-3-15(10-14)20-17(22)13-6-9-23-11-13/h1-11H,(H,19,21)(H,20,22). The lowest BCUT2D eigenvalue weighted by Gasteiger charge is -2.08. The summed E-state index contributed by atoms with van der Waals surface area (Å²) in [5, 5.41) is 5.51. The van der Waals surface area contributed by atoms with E-state index in [-0.39, 0.29) is 11.8 Å². The molecule has 6 nitrogen and oxygen atoms in total. The summed E-state index contributed by atoms with van der Waals surface area (Å²) in [6.45, 7) is 0. The minimum atomic E-state index is -0.281. The lowest BCUT2D eigenvalue weighted by molar-refractivity contribution is 0.101. The van der Waals surface area contributed by atoms with Crippen LogP contribution in [0.15, 0.2) is 71.8 Å². The molecule has 0 fully saturated rings. The first-order chi connectivity index (χ1) is 11.2. The van der Waals surface area contributed by atoms with E-state index in [0.29, 0.717) is 22.5 Å². The van der Waals surface area contributed by atoms with E-state index in [1.807, 2.05) is 0 Å². The Morgan fingerprint density at radius 2 is 1.52 bits per heavy atom. The van der Waals surface area contributed by atoms with Crippen LogP contribution in [-0.4, -0.2) is 16.8 Å². The normalized spacial score (nSPS) is 10.1. The number of amides is 2. The molecule has 2 heterocycles. The zero-order valence-corrected chi connectivity index (χ0v) is 12.0. The minimum absolute atomic E-state index is 0.245. The monoisotopic (exact) mass is 307 g/mol.